The molecule has 0 fully saturated rings. The van der Waals surface area contributed by atoms with Crippen molar-refractivity contribution < 1.29 is 4.79 Å². The number of rotatable bonds is 6. The molecule has 142 valence electrons. The SMILES string of the molecule is Cc1ccc(-n2ncc(C(=O)Nc3nnc(CC(C)C)s3)c2C(C)C)cc1. The fourth-order valence-corrected chi connectivity index (χ4v) is 3.83. The Bertz CT molecular complexity index is 924. The van der Waals surface area contributed by atoms with Crippen molar-refractivity contribution in [1.29, 1.82) is 0 Å². The van der Waals surface area contributed by atoms with Gasteiger partial charge in [-0.1, -0.05) is 56.7 Å². The largest absolute Gasteiger partial charge is 0.296 e. The van der Waals surface area contributed by atoms with E-state index in [4.69, 9.17) is 0 Å². The monoisotopic (exact) mass is 383 g/mol. The van der Waals surface area contributed by atoms with Crippen molar-refractivity contribution in [2.75, 3.05) is 5.32 Å². The van der Waals surface area contributed by atoms with Crippen LogP contribution in [0.15, 0.2) is 30.5 Å². The van der Waals surface area contributed by atoms with Crippen LogP contribution in [0.1, 0.15) is 60.2 Å². The van der Waals surface area contributed by atoms with Crippen LogP contribution < -0.4 is 5.32 Å². The molecular weight excluding hydrogens is 358 g/mol. The maximum atomic E-state index is 12.8. The van der Waals surface area contributed by atoms with Gasteiger partial charge in [-0.25, -0.2) is 4.68 Å². The Morgan fingerprint density at radius 2 is 1.85 bits per heavy atom. The van der Waals surface area contributed by atoms with Crippen molar-refractivity contribution in [1.82, 2.24) is 20.0 Å². The zero-order chi connectivity index (χ0) is 19.6. The van der Waals surface area contributed by atoms with Crippen LogP contribution in [-0.4, -0.2) is 25.9 Å². The normalized spacial score (nSPS) is 11.4. The Hall–Kier alpha value is -2.54. The zero-order valence-electron chi connectivity index (χ0n) is 16.4. The summed E-state index contributed by atoms with van der Waals surface area (Å²) in [4.78, 5) is 12.8. The average molecular weight is 384 g/mol. The van der Waals surface area contributed by atoms with Gasteiger partial charge in [0.15, 0.2) is 0 Å². The predicted octanol–water partition coefficient (Wildman–Crippen LogP) is 4.61. The molecule has 3 aromatic rings. The van der Waals surface area contributed by atoms with E-state index in [9.17, 15) is 4.79 Å². The van der Waals surface area contributed by atoms with Crippen LogP contribution >= 0.6 is 11.3 Å². The summed E-state index contributed by atoms with van der Waals surface area (Å²) in [5.41, 5.74) is 3.57. The topological polar surface area (TPSA) is 72.7 Å². The number of nitrogens with one attached hydrogen (secondary N) is 1. The third-order valence-corrected chi connectivity index (χ3v) is 5.01. The highest BCUT2D eigenvalue weighted by Gasteiger charge is 2.22. The smallest absolute Gasteiger partial charge is 0.260 e. The lowest BCUT2D eigenvalue weighted by molar-refractivity contribution is 0.102. The molecule has 0 atom stereocenters. The second-order valence-electron chi connectivity index (χ2n) is 7.40. The maximum Gasteiger partial charge on any atom is 0.260 e. The van der Waals surface area contributed by atoms with E-state index in [-0.39, 0.29) is 11.8 Å². The molecule has 0 saturated carbocycles. The highest BCUT2D eigenvalue weighted by Crippen LogP contribution is 2.25. The summed E-state index contributed by atoms with van der Waals surface area (Å²) in [5.74, 6) is 0.437. The van der Waals surface area contributed by atoms with Gasteiger partial charge >= 0.3 is 0 Å². The number of aromatic nitrogens is 4. The number of nitrogens with zero attached hydrogens (tertiary/aromatic N) is 4. The number of aryl methyl sites for hydroxylation is 1. The van der Waals surface area contributed by atoms with E-state index in [1.807, 2.05) is 35.9 Å². The van der Waals surface area contributed by atoms with Gasteiger partial charge in [-0.15, -0.1) is 10.2 Å². The molecule has 6 nitrogen and oxygen atoms in total. The lowest BCUT2D eigenvalue weighted by Gasteiger charge is -2.12. The molecule has 27 heavy (non-hydrogen) atoms. The van der Waals surface area contributed by atoms with Gasteiger partial charge in [-0.05, 0) is 30.9 Å². The Balaban J connectivity index is 1.86. The van der Waals surface area contributed by atoms with E-state index in [1.165, 1.54) is 16.9 Å². The summed E-state index contributed by atoms with van der Waals surface area (Å²) in [5, 5.41) is 17.0. The Morgan fingerprint density at radius 1 is 1.15 bits per heavy atom. The number of amides is 1. The van der Waals surface area contributed by atoms with Crippen LogP contribution in [0.4, 0.5) is 5.13 Å². The van der Waals surface area contributed by atoms with E-state index < -0.39 is 0 Å². The minimum Gasteiger partial charge on any atom is -0.296 e. The molecule has 1 amide bonds. The van der Waals surface area contributed by atoms with Crippen LogP contribution in [0.2, 0.25) is 0 Å². The van der Waals surface area contributed by atoms with E-state index in [0.717, 1.165) is 22.8 Å². The molecule has 7 heteroatoms. The van der Waals surface area contributed by atoms with Crippen molar-refractivity contribution in [2.45, 2.75) is 47.0 Å². The summed E-state index contributed by atoms with van der Waals surface area (Å²) in [6.07, 6.45) is 2.48. The van der Waals surface area contributed by atoms with E-state index >= 15 is 0 Å². The number of hydrogen-bond acceptors (Lipinski definition) is 5. The molecule has 0 bridgehead atoms. The highest BCUT2D eigenvalue weighted by atomic mass is 32.1. The van der Waals surface area contributed by atoms with Gasteiger partial charge in [0.25, 0.3) is 5.91 Å². The van der Waals surface area contributed by atoms with Gasteiger partial charge in [0, 0.05) is 6.42 Å². The molecule has 0 unspecified atom stereocenters. The van der Waals surface area contributed by atoms with Gasteiger partial charge in [0.2, 0.25) is 5.13 Å². The van der Waals surface area contributed by atoms with Crippen LogP contribution in [-0.2, 0) is 6.42 Å². The maximum absolute atomic E-state index is 12.8. The Morgan fingerprint density at radius 3 is 2.48 bits per heavy atom. The summed E-state index contributed by atoms with van der Waals surface area (Å²) in [7, 11) is 0. The minimum absolute atomic E-state index is 0.139. The van der Waals surface area contributed by atoms with Crippen molar-refractivity contribution in [3.8, 4) is 5.69 Å². The second-order valence-corrected chi connectivity index (χ2v) is 8.46. The third kappa shape index (κ3) is 4.42. The quantitative estimate of drug-likeness (QED) is 0.675. The first-order valence-corrected chi connectivity index (χ1v) is 9.95. The average Bonchev–Trinajstić information content (AvgIpc) is 3.22. The van der Waals surface area contributed by atoms with Gasteiger partial charge in [-0.2, -0.15) is 5.10 Å². The first-order chi connectivity index (χ1) is 12.8. The van der Waals surface area contributed by atoms with E-state index in [1.54, 1.807) is 6.20 Å². The summed E-state index contributed by atoms with van der Waals surface area (Å²) >= 11 is 1.42. The molecule has 0 radical (unpaired) electrons. The van der Waals surface area contributed by atoms with Gasteiger partial charge in [0.05, 0.1) is 23.1 Å². The molecule has 0 aliphatic carbocycles. The molecule has 0 aliphatic heterocycles. The fourth-order valence-electron chi connectivity index (χ4n) is 2.88. The van der Waals surface area contributed by atoms with Crippen molar-refractivity contribution in [3.63, 3.8) is 0 Å². The Labute approximate surface area is 163 Å². The molecule has 0 saturated heterocycles. The number of carbonyl (C=O) groups is 1. The molecule has 2 heterocycles. The van der Waals surface area contributed by atoms with E-state index in [0.29, 0.717) is 16.6 Å². The molecule has 1 aromatic carbocycles. The first-order valence-electron chi connectivity index (χ1n) is 9.13. The van der Waals surface area contributed by atoms with Gasteiger partial charge in [-0.3, -0.25) is 10.1 Å². The van der Waals surface area contributed by atoms with Crippen molar-refractivity contribution >= 4 is 22.4 Å². The number of hydrogen-bond donors (Lipinski definition) is 1. The van der Waals surface area contributed by atoms with Crippen LogP contribution in [0.25, 0.3) is 5.69 Å². The second kappa shape index (κ2) is 8.00. The zero-order valence-corrected chi connectivity index (χ0v) is 17.2. The van der Waals surface area contributed by atoms with Crippen LogP contribution in [0, 0.1) is 12.8 Å². The molecule has 3 rings (SSSR count). The molecule has 2 aromatic heterocycles. The summed E-state index contributed by atoms with van der Waals surface area (Å²) in [6.45, 7) is 10.4. The van der Waals surface area contributed by atoms with Crippen LogP contribution in [0.5, 0.6) is 0 Å². The number of anilines is 1. The standard InChI is InChI=1S/C20H25N5OS/c1-12(2)10-17-23-24-20(27-17)22-19(26)16-11-21-25(18(16)13(3)4)15-8-6-14(5)7-9-15/h6-9,11-13H,10H2,1-5H3,(H,22,24,26). The van der Waals surface area contributed by atoms with Crippen molar-refractivity contribution in [3.05, 3.63) is 52.3 Å². The fraction of sp³-hybridized carbons (Fsp3) is 0.400. The molecule has 1 N–H and O–H groups in total. The van der Waals surface area contributed by atoms with Gasteiger partial charge < -0.3 is 0 Å². The van der Waals surface area contributed by atoms with Gasteiger partial charge in [0.1, 0.15) is 5.01 Å². The third-order valence-electron chi connectivity index (χ3n) is 4.15. The lowest BCUT2D eigenvalue weighted by Crippen LogP contribution is -2.15. The molecule has 0 spiro atoms. The number of carbonyl (C=O) groups excluding carboxylic acids is 1. The minimum atomic E-state index is -0.204. The summed E-state index contributed by atoms with van der Waals surface area (Å²) < 4.78 is 1.84. The lowest BCUT2D eigenvalue weighted by atomic mass is 10.0. The molecule has 0 aliphatic rings. The Kier molecular flexibility index (Phi) is 5.70. The predicted molar refractivity (Wildman–Crippen MR) is 109 cm³/mol. The first kappa shape index (κ1) is 19.2. The van der Waals surface area contributed by atoms with Crippen molar-refractivity contribution in [2.24, 2.45) is 5.92 Å². The van der Waals surface area contributed by atoms with Crippen LogP contribution in [0.3, 0.4) is 0 Å². The number of benzene rings is 1. The highest BCUT2D eigenvalue weighted by molar-refractivity contribution is 7.15. The van der Waals surface area contributed by atoms with E-state index in [2.05, 4.69) is 48.3 Å². The summed E-state index contributed by atoms with van der Waals surface area (Å²) in [6, 6.07) is 8.11. The molecular formula is C20H25N5OS.